The van der Waals surface area contributed by atoms with Crippen molar-refractivity contribution in [3.63, 3.8) is 0 Å². The molecule has 0 aliphatic heterocycles. The van der Waals surface area contributed by atoms with Gasteiger partial charge in [-0.15, -0.1) is 0 Å². The van der Waals surface area contributed by atoms with E-state index in [2.05, 4.69) is 13.8 Å². The number of carbonyl (C=O) groups is 2. The van der Waals surface area contributed by atoms with Crippen LogP contribution in [0.2, 0.25) is 0 Å². The minimum Gasteiger partial charge on any atom is -0.465 e. The van der Waals surface area contributed by atoms with Crippen molar-refractivity contribution < 1.29 is 19.1 Å². The maximum atomic E-state index is 11.6. The molecule has 0 aromatic carbocycles. The Morgan fingerprint density at radius 1 is 0.952 bits per heavy atom. The predicted octanol–water partition coefficient (Wildman–Crippen LogP) is 3.87. The monoisotopic (exact) mass is 298 g/mol. The molecular weight excluding hydrogens is 268 g/mol. The third-order valence-corrected chi connectivity index (χ3v) is 4.37. The molecule has 0 bridgehead atoms. The summed E-state index contributed by atoms with van der Waals surface area (Å²) >= 11 is 0. The topological polar surface area (TPSA) is 52.6 Å². The van der Waals surface area contributed by atoms with Crippen LogP contribution < -0.4 is 0 Å². The molecule has 0 spiro atoms. The molecule has 21 heavy (non-hydrogen) atoms. The molecule has 0 aromatic heterocycles. The number of hydrogen-bond acceptors (Lipinski definition) is 4. The Morgan fingerprint density at radius 2 is 1.52 bits per heavy atom. The largest absolute Gasteiger partial charge is 0.465 e. The second-order valence-corrected chi connectivity index (χ2v) is 6.05. The van der Waals surface area contributed by atoms with Crippen LogP contribution in [0.1, 0.15) is 71.6 Å². The Hall–Kier alpha value is -1.06. The number of rotatable bonds is 9. The van der Waals surface area contributed by atoms with Crippen LogP contribution in [0.3, 0.4) is 0 Å². The van der Waals surface area contributed by atoms with E-state index < -0.39 is 0 Å². The van der Waals surface area contributed by atoms with E-state index in [1.54, 1.807) is 0 Å². The molecule has 1 saturated carbocycles. The van der Waals surface area contributed by atoms with Gasteiger partial charge in [-0.2, -0.15) is 0 Å². The maximum absolute atomic E-state index is 11.6. The number of carbonyl (C=O) groups excluding carboxylic acids is 2. The Balaban J connectivity index is 2.07. The molecule has 1 rings (SSSR count). The summed E-state index contributed by atoms with van der Waals surface area (Å²) in [5.41, 5.74) is 0. The zero-order valence-electron chi connectivity index (χ0n) is 13.6. The molecular formula is C17H30O4. The third kappa shape index (κ3) is 8.08. The Bertz CT molecular complexity index is 304. The molecule has 1 aliphatic rings. The van der Waals surface area contributed by atoms with E-state index in [0.717, 1.165) is 25.7 Å². The highest BCUT2D eigenvalue weighted by Crippen LogP contribution is 2.23. The molecule has 0 N–H and O–H groups in total. The standard InChI is InChI=1S/C17H30O4/c1-3-14(4-2)12-20-16(18)10-11-17(19)21-13-15-8-6-5-7-9-15/h14-15H,3-13H2,1-2H3. The fourth-order valence-corrected chi connectivity index (χ4v) is 2.65. The van der Waals surface area contributed by atoms with E-state index in [1.807, 2.05) is 0 Å². The van der Waals surface area contributed by atoms with Crippen molar-refractivity contribution in [2.45, 2.75) is 71.6 Å². The van der Waals surface area contributed by atoms with Crippen molar-refractivity contribution in [1.82, 2.24) is 0 Å². The smallest absolute Gasteiger partial charge is 0.306 e. The van der Waals surface area contributed by atoms with Gasteiger partial charge in [0.1, 0.15) is 0 Å². The lowest BCUT2D eigenvalue weighted by Gasteiger charge is -2.20. The fraction of sp³-hybridized carbons (Fsp3) is 0.882. The van der Waals surface area contributed by atoms with Crippen LogP contribution in [0.15, 0.2) is 0 Å². The molecule has 0 unspecified atom stereocenters. The lowest BCUT2D eigenvalue weighted by molar-refractivity contribution is -0.152. The van der Waals surface area contributed by atoms with Crippen LogP contribution in [-0.4, -0.2) is 25.2 Å². The lowest BCUT2D eigenvalue weighted by Crippen LogP contribution is -2.18. The molecule has 0 heterocycles. The van der Waals surface area contributed by atoms with Gasteiger partial charge in [0.05, 0.1) is 26.1 Å². The van der Waals surface area contributed by atoms with Gasteiger partial charge in [0, 0.05) is 0 Å². The first-order chi connectivity index (χ1) is 10.2. The van der Waals surface area contributed by atoms with Gasteiger partial charge in [-0.05, 0) is 24.7 Å². The SMILES string of the molecule is CCC(CC)COC(=O)CCC(=O)OCC1CCCCC1. The molecule has 0 radical (unpaired) electrons. The highest BCUT2D eigenvalue weighted by Gasteiger charge is 2.16. The quantitative estimate of drug-likeness (QED) is 0.606. The number of hydrogen-bond donors (Lipinski definition) is 0. The maximum Gasteiger partial charge on any atom is 0.306 e. The summed E-state index contributed by atoms with van der Waals surface area (Å²) in [7, 11) is 0. The third-order valence-electron chi connectivity index (χ3n) is 4.37. The Morgan fingerprint density at radius 3 is 2.10 bits per heavy atom. The van der Waals surface area contributed by atoms with E-state index in [0.29, 0.717) is 25.0 Å². The first-order valence-corrected chi connectivity index (χ1v) is 8.46. The van der Waals surface area contributed by atoms with Crippen molar-refractivity contribution in [3.8, 4) is 0 Å². The minimum atomic E-state index is -0.295. The Labute approximate surface area is 128 Å². The Kier molecular flexibility index (Phi) is 9.11. The molecule has 0 saturated heterocycles. The van der Waals surface area contributed by atoms with Gasteiger partial charge in [0.25, 0.3) is 0 Å². The van der Waals surface area contributed by atoms with Gasteiger partial charge in [0.2, 0.25) is 0 Å². The van der Waals surface area contributed by atoms with E-state index in [-0.39, 0.29) is 24.8 Å². The summed E-state index contributed by atoms with van der Waals surface area (Å²) in [6, 6.07) is 0. The number of ether oxygens (including phenoxy) is 2. The lowest BCUT2D eigenvalue weighted by atomic mass is 9.90. The summed E-state index contributed by atoms with van der Waals surface area (Å²) in [4.78, 5) is 23.2. The second-order valence-electron chi connectivity index (χ2n) is 6.05. The van der Waals surface area contributed by atoms with E-state index in [1.165, 1.54) is 19.3 Å². The highest BCUT2D eigenvalue weighted by molar-refractivity contribution is 5.77. The van der Waals surface area contributed by atoms with Crippen molar-refractivity contribution in [2.24, 2.45) is 11.8 Å². The molecule has 4 heteroatoms. The molecule has 0 aromatic rings. The van der Waals surface area contributed by atoms with Crippen LogP contribution in [0.5, 0.6) is 0 Å². The molecule has 1 fully saturated rings. The predicted molar refractivity (Wildman–Crippen MR) is 81.8 cm³/mol. The first-order valence-electron chi connectivity index (χ1n) is 8.46. The van der Waals surface area contributed by atoms with Crippen LogP contribution in [0.25, 0.3) is 0 Å². The molecule has 4 nitrogen and oxygen atoms in total. The zero-order chi connectivity index (χ0) is 15.5. The van der Waals surface area contributed by atoms with Crippen LogP contribution >= 0.6 is 0 Å². The zero-order valence-corrected chi connectivity index (χ0v) is 13.6. The molecule has 1 aliphatic carbocycles. The normalized spacial score (nSPS) is 16.0. The summed E-state index contributed by atoms with van der Waals surface area (Å²) in [5, 5.41) is 0. The van der Waals surface area contributed by atoms with Gasteiger partial charge >= 0.3 is 11.9 Å². The van der Waals surface area contributed by atoms with Crippen LogP contribution in [-0.2, 0) is 19.1 Å². The van der Waals surface area contributed by atoms with Crippen LogP contribution in [0.4, 0.5) is 0 Å². The van der Waals surface area contributed by atoms with E-state index in [9.17, 15) is 9.59 Å². The van der Waals surface area contributed by atoms with Gasteiger partial charge in [-0.1, -0.05) is 46.0 Å². The molecule has 0 amide bonds. The summed E-state index contributed by atoms with van der Waals surface area (Å²) in [5.74, 6) is 0.369. The first kappa shape index (κ1) is 18.0. The second kappa shape index (κ2) is 10.6. The van der Waals surface area contributed by atoms with E-state index >= 15 is 0 Å². The average Bonchev–Trinajstić information content (AvgIpc) is 2.53. The van der Waals surface area contributed by atoms with Crippen molar-refractivity contribution in [1.29, 1.82) is 0 Å². The summed E-state index contributed by atoms with van der Waals surface area (Å²) < 4.78 is 10.4. The van der Waals surface area contributed by atoms with Crippen LogP contribution in [0, 0.1) is 11.8 Å². The minimum absolute atomic E-state index is 0.129. The molecule has 0 atom stereocenters. The highest BCUT2D eigenvalue weighted by atomic mass is 16.5. The summed E-state index contributed by atoms with van der Waals surface area (Å²) in [6.07, 6.45) is 8.37. The fourth-order valence-electron chi connectivity index (χ4n) is 2.65. The summed E-state index contributed by atoms with van der Waals surface area (Å²) in [6.45, 7) is 5.15. The number of esters is 2. The molecule has 122 valence electrons. The van der Waals surface area contributed by atoms with Gasteiger partial charge < -0.3 is 9.47 Å². The van der Waals surface area contributed by atoms with Gasteiger partial charge in [0.15, 0.2) is 0 Å². The average molecular weight is 298 g/mol. The van der Waals surface area contributed by atoms with Gasteiger partial charge in [-0.25, -0.2) is 0 Å². The van der Waals surface area contributed by atoms with E-state index in [4.69, 9.17) is 9.47 Å². The van der Waals surface area contributed by atoms with Crippen molar-refractivity contribution >= 4 is 11.9 Å². The van der Waals surface area contributed by atoms with Crippen molar-refractivity contribution in [2.75, 3.05) is 13.2 Å². The van der Waals surface area contributed by atoms with Gasteiger partial charge in [-0.3, -0.25) is 9.59 Å². The van der Waals surface area contributed by atoms with Crippen molar-refractivity contribution in [3.05, 3.63) is 0 Å².